The molecule has 0 bridgehead atoms. The number of hydrogen-bond donors (Lipinski definition) is 3. The van der Waals surface area contributed by atoms with Crippen LogP contribution in [0.5, 0.6) is 0 Å². The van der Waals surface area contributed by atoms with Crippen molar-refractivity contribution in [1.29, 1.82) is 0 Å². The molecule has 5 aromatic heterocycles. The number of hydrogen-bond acceptors (Lipinski definition) is 5. The van der Waals surface area contributed by atoms with Gasteiger partial charge in [-0.25, -0.2) is 4.39 Å². The molecule has 192 valence electrons. The summed E-state index contributed by atoms with van der Waals surface area (Å²) < 4.78 is 13.9. The van der Waals surface area contributed by atoms with E-state index in [1.165, 1.54) is 12.1 Å². The number of benzene rings is 2. The second-order valence-electron chi connectivity index (χ2n) is 9.28. The number of pyridine rings is 3. The zero-order valence-corrected chi connectivity index (χ0v) is 20.9. The number of fused-ring (bicyclic) bond motifs is 2. The highest BCUT2D eigenvalue weighted by Crippen LogP contribution is 2.34. The van der Waals surface area contributed by atoms with Crippen molar-refractivity contribution >= 4 is 33.4 Å². The summed E-state index contributed by atoms with van der Waals surface area (Å²) in [4.78, 5) is 29.5. The number of carbonyl (C=O) groups excluding carboxylic acids is 1. The van der Waals surface area contributed by atoms with Gasteiger partial charge in [-0.1, -0.05) is 30.3 Å². The van der Waals surface area contributed by atoms with Crippen LogP contribution in [0.15, 0.2) is 104 Å². The molecule has 0 aliphatic carbocycles. The Hall–Kier alpha value is -5.70. The molecule has 0 radical (unpaired) electrons. The van der Waals surface area contributed by atoms with Crippen LogP contribution in [0.4, 0.5) is 10.1 Å². The first-order valence-electron chi connectivity index (χ1n) is 12.5. The van der Waals surface area contributed by atoms with Gasteiger partial charge in [-0.2, -0.15) is 5.10 Å². The smallest absolute Gasteiger partial charge is 0.255 e. The van der Waals surface area contributed by atoms with Crippen molar-refractivity contribution in [3.05, 3.63) is 115 Å². The van der Waals surface area contributed by atoms with Gasteiger partial charge < -0.3 is 10.3 Å². The second-order valence-corrected chi connectivity index (χ2v) is 9.28. The molecule has 3 N–H and O–H groups in total. The van der Waals surface area contributed by atoms with E-state index in [0.29, 0.717) is 33.9 Å². The second kappa shape index (κ2) is 9.55. The summed E-state index contributed by atoms with van der Waals surface area (Å²) in [5.41, 5.74) is 7.04. The zero-order valence-electron chi connectivity index (χ0n) is 20.9. The van der Waals surface area contributed by atoms with E-state index in [0.717, 1.165) is 33.1 Å². The lowest BCUT2D eigenvalue weighted by Gasteiger charge is -2.07. The van der Waals surface area contributed by atoms with Gasteiger partial charge in [0.1, 0.15) is 11.5 Å². The first kappa shape index (κ1) is 23.4. The number of aromatic nitrogens is 6. The third-order valence-corrected chi connectivity index (χ3v) is 6.68. The molecule has 40 heavy (non-hydrogen) atoms. The normalized spacial score (nSPS) is 11.2. The standard InChI is InChI=1S/C31H20FN7O/c32-21-8-4-7-19(11-21)29-23-14-27(37-25(23)9-10-34-29)30-24-13-26(35-17-28(24)38-39-30)20-12-22(16-33-15-20)36-31(40)18-5-2-1-3-6-18/h1-17,37H,(H,36,40)(H,38,39). The van der Waals surface area contributed by atoms with E-state index in [4.69, 9.17) is 0 Å². The van der Waals surface area contributed by atoms with Crippen LogP contribution < -0.4 is 5.32 Å². The van der Waals surface area contributed by atoms with Crippen LogP contribution in [0.1, 0.15) is 10.4 Å². The van der Waals surface area contributed by atoms with Crippen molar-refractivity contribution in [2.75, 3.05) is 5.32 Å². The van der Waals surface area contributed by atoms with Gasteiger partial charge in [0.15, 0.2) is 0 Å². The first-order chi connectivity index (χ1) is 19.6. The first-order valence-corrected chi connectivity index (χ1v) is 12.5. The van der Waals surface area contributed by atoms with Crippen LogP contribution in [-0.2, 0) is 0 Å². The van der Waals surface area contributed by atoms with E-state index in [1.54, 1.807) is 43.0 Å². The molecular weight excluding hydrogens is 505 g/mol. The van der Waals surface area contributed by atoms with Crippen molar-refractivity contribution in [2.45, 2.75) is 0 Å². The Morgan fingerprint density at radius 2 is 1.65 bits per heavy atom. The van der Waals surface area contributed by atoms with Crippen LogP contribution in [-0.4, -0.2) is 36.0 Å². The van der Waals surface area contributed by atoms with Crippen molar-refractivity contribution in [3.8, 4) is 33.9 Å². The van der Waals surface area contributed by atoms with Gasteiger partial charge in [-0.3, -0.25) is 24.8 Å². The molecule has 0 saturated heterocycles. The molecule has 0 spiro atoms. The molecule has 0 fully saturated rings. The number of halogens is 1. The van der Waals surface area contributed by atoms with Crippen molar-refractivity contribution in [1.82, 2.24) is 30.1 Å². The highest BCUT2D eigenvalue weighted by atomic mass is 19.1. The van der Waals surface area contributed by atoms with E-state index in [1.807, 2.05) is 48.5 Å². The number of carbonyl (C=O) groups is 1. The monoisotopic (exact) mass is 525 g/mol. The third kappa shape index (κ3) is 4.25. The minimum Gasteiger partial charge on any atom is -0.353 e. The summed E-state index contributed by atoms with van der Waals surface area (Å²) in [7, 11) is 0. The Bertz CT molecular complexity index is 2030. The summed E-state index contributed by atoms with van der Waals surface area (Å²) in [6.45, 7) is 0. The van der Waals surface area contributed by atoms with Crippen LogP contribution in [0.25, 0.3) is 55.7 Å². The van der Waals surface area contributed by atoms with Gasteiger partial charge in [-0.05, 0) is 48.5 Å². The third-order valence-electron chi connectivity index (χ3n) is 6.68. The average molecular weight is 526 g/mol. The van der Waals surface area contributed by atoms with Gasteiger partial charge in [0.2, 0.25) is 0 Å². The lowest BCUT2D eigenvalue weighted by atomic mass is 10.1. The molecule has 7 rings (SSSR count). The molecule has 9 heteroatoms. The molecule has 7 aromatic rings. The minimum atomic E-state index is -0.316. The number of aromatic amines is 2. The fourth-order valence-electron chi connectivity index (χ4n) is 4.77. The quantitative estimate of drug-likeness (QED) is 0.234. The predicted octanol–water partition coefficient (Wildman–Crippen LogP) is 6.62. The summed E-state index contributed by atoms with van der Waals surface area (Å²) >= 11 is 0. The lowest BCUT2D eigenvalue weighted by Crippen LogP contribution is -2.11. The maximum Gasteiger partial charge on any atom is 0.255 e. The number of nitrogens with zero attached hydrogens (tertiary/aromatic N) is 4. The lowest BCUT2D eigenvalue weighted by molar-refractivity contribution is 0.102. The van der Waals surface area contributed by atoms with Gasteiger partial charge >= 0.3 is 0 Å². The average Bonchev–Trinajstić information content (AvgIpc) is 3.61. The fourth-order valence-corrected chi connectivity index (χ4v) is 4.77. The van der Waals surface area contributed by atoms with Gasteiger partial charge in [0.25, 0.3) is 5.91 Å². The van der Waals surface area contributed by atoms with Gasteiger partial charge in [-0.15, -0.1) is 0 Å². The molecule has 2 aromatic carbocycles. The molecule has 8 nitrogen and oxygen atoms in total. The molecule has 0 atom stereocenters. The fraction of sp³-hybridized carbons (Fsp3) is 0. The van der Waals surface area contributed by atoms with Crippen molar-refractivity contribution in [3.63, 3.8) is 0 Å². The summed E-state index contributed by atoms with van der Waals surface area (Å²) in [5, 5.41) is 12.2. The Morgan fingerprint density at radius 1 is 0.775 bits per heavy atom. The largest absolute Gasteiger partial charge is 0.353 e. The van der Waals surface area contributed by atoms with E-state index in [9.17, 15) is 9.18 Å². The number of rotatable bonds is 5. The summed E-state index contributed by atoms with van der Waals surface area (Å²) in [5.74, 6) is -0.533. The molecule has 5 heterocycles. The molecule has 0 aliphatic rings. The maximum absolute atomic E-state index is 13.9. The number of amides is 1. The molecule has 0 aliphatic heterocycles. The SMILES string of the molecule is O=C(Nc1cncc(-c2cc3c(-c4cc5c(-c6cccc(F)c6)nccc5[nH]4)n[nH]c3cn2)c1)c1ccccc1. The highest BCUT2D eigenvalue weighted by Gasteiger charge is 2.16. The Labute approximate surface area is 227 Å². The number of H-pyrrole nitrogens is 2. The van der Waals surface area contributed by atoms with Crippen molar-refractivity contribution in [2.24, 2.45) is 0 Å². The zero-order chi connectivity index (χ0) is 27.1. The predicted molar refractivity (Wildman–Crippen MR) is 152 cm³/mol. The van der Waals surface area contributed by atoms with Crippen LogP contribution in [0, 0.1) is 5.82 Å². The van der Waals surface area contributed by atoms with Gasteiger partial charge in [0, 0.05) is 45.4 Å². The van der Waals surface area contributed by atoms with Crippen LogP contribution in [0.3, 0.4) is 0 Å². The maximum atomic E-state index is 13.9. The summed E-state index contributed by atoms with van der Waals surface area (Å²) in [6.07, 6.45) is 6.72. The highest BCUT2D eigenvalue weighted by molar-refractivity contribution is 6.04. The molecule has 1 amide bonds. The molecule has 0 saturated carbocycles. The summed E-state index contributed by atoms with van der Waals surface area (Å²) in [6, 6.07) is 23.0. The Balaban J connectivity index is 1.25. The Kier molecular flexibility index (Phi) is 5.59. The van der Waals surface area contributed by atoms with E-state index in [-0.39, 0.29) is 11.7 Å². The van der Waals surface area contributed by atoms with E-state index >= 15 is 0 Å². The number of nitrogens with one attached hydrogen (secondary N) is 3. The number of anilines is 1. The molecule has 0 unspecified atom stereocenters. The topological polar surface area (TPSA) is 112 Å². The Morgan fingerprint density at radius 3 is 2.52 bits per heavy atom. The van der Waals surface area contributed by atoms with Crippen molar-refractivity contribution < 1.29 is 9.18 Å². The molecular formula is C31H20FN7O. The van der Waals surface area contributed by atoms with Crippen LogP contribution >= 0.6 is 0 Å². The minimum absolute atomic E-state index is 0.217. The van der Waals surface area contributed by atoms with E-state index < -0.39 is 0 Å². The van der Waals surface area contributed by atoms with Crippen LogP contribution in [0.2, 0.25) is 0 Å². The van der Waals surface area contributed by atoms with Gasteiger partial charge in [0.05, 0.1) is 40.7 Å². The van der Waals surface area contributed by atoms with E-state index in [2.05, 4.69) is 35.5 Å².